The number of aromatic nitrogens is 1. The molecule has 0 saturated carbocycles. The molecule has 1 heterocycles. The van der Waals surface area contributed by atoms with Gasteiger partial charge < -0.3 is 10.4 Å². The van der Waals surface area contributed by atoms with E-state index in [0.717, 1.165) is 22.0 Å². The van der Waals surface area contributed by atoms with Gasteiger partial charge in [-0.25, -0.2) is 4.98 Å². The van der Waals surface area contributed by atoms with Crippen molar-refractivity contribution >= 4 is 17.0 Å². The quantitative estimate of drug-likeness (QED) is 0.897. The smallest absolute Gasteiger partial charge is 0.0982 e. The summed E-state index contributed by atoms with van der Waals surface area (Å²) in [6.45, 7) is 7.30. The number of rotatable bonds is 4. The molecule has 102 valence electrons. The molecule has 4 heteroatoms. The molecule has 0 aliphatic heterocycles. The van der Waals surface area contributed by atoms with Crippen LogP contribution in [-0.2, 0) is 18.6 Å². The summed E-state index contributed by atoms with van der Waals surface area (Å²) in [5, 5.41) is 15.7. The molecular weight excluding hydrogens is 256 g/mol. The van der Waals surface area contributed by atoms with Gasteiger partial charge in [-0.2, -0.15) is 0 Å². The molecule has 0 aliphatic carbocycles. The highest BCUT2D eigenvalue weighted by Gasteiger charge is 2.17. The maximum absolute atomic E-state index is 9.10. The molecular formula is C15H20N2OS. The summed E-state index contributed by atoms with van der Waals surface area (Å²) in [7, 11) is 0. The predicted molar refractivity (Wildman–Crippen MR) is 80.5 cm³/mol. The molecule has 1 aromatic heterocycles. The summed E-state index contributed by atoms with van der Waals surface area (Å²) < 4.78 is 0. The van der Waals surface area contributed by atoms with E-state index in [1.807, 2.05) is 24.3 Å². The van der Waals surface area contributed by atoms with E-state index < -0.39 is 0 Å². The van der Waals surface area contributed by atoms with Gasteiger partial charge in [0.15, 0.2) is 0 Å². The monoisotopic (exact) mass is 276 g/mol. The largest absolute Gasteiger partial charge is 0.392 e. The normalized spacial score (nSPS) is 11.6. The van der Waals surface area contributed by atoms with Gasteiger partial charge in [-0.3, -0.25) is 0 Å². The van der Waals surface area contributed by atoms with Crippen LogP contribution in [-0.4, -0.2) is 10.1 Å². The van der Waals surface area contributed by atoms with Crippen molar-refractivity contribution < 1.29 is 5.11 Å². The Labute approximate surface area is 118 Å². The van der Waals surface area contributed by atoms with Gasteiger partial charge >= 0.3 is 0 Å². The maximum Gasteiger partial charge on any atom is 0.0982 e. The SMILES string of the molecule is CC(C)(C)c1nc(CNc2cccc(CO)c2)cs1. The first kappa shape index (κ1) is 14.0. The number of nitrogens with one attached hydrogen (secondary N) is 1. The van der Waals surface area contributed by atoms with Crippen LogP contribution < -0.4 is 5.32 Å². The molecule has 0 fully saturated rings. The number of nitrogens with zero attached hydrogens (tertiary/aromatic N) is 1. The van der Waals surface area contributed by atoms with Crippen molar-refractivity contribution in [3.8, 4) is 0 Å². The van der Waals surface area contributed by atoms with E-state index >= 15 is 0 Å². The zero-order valence-electron chi connectivity index (χ0n) is 11.6. The lowest BCUT2D eigenvalue weighted by Gasteiger charge is -2.13. The highest BCUT2D eigenvalue weighted by molar-refractivity contribution is 7.09. The molecule has 0 aliphatic rings. The van der Waals surface area contributed by atoms with Crippen molar-refractivity contribution in [2.24, 2.45) is 0 Å². The van der Waals surface area contributed by atoms with E-state index in [2.05, 4.69) is 36.5 Å². The number of anilines is 1. The number of aliphatic hydroxyl groups excluding tert-OH is 1. The fraction of sp³-hybridized carbons (Fsp3) is 0.400. The van der Waals surface area contributed by atoms with Gasteiger partial charge in [-0.1, -0.05) is 32.9 Å². The van der Waals surface area contributed by atoms with E-state index in [-0.39, 0.29) is 12.0 Å². The van der Waals surface area contributed by atoms with Crippen LogP contribution >= 0.6 is 11.3 Å². The van der Waals surface area contributed by atoms with Gasteiger partial charge in [0.25, 0.3) is 0 Å². The molecule has 0 saturated heterocycles. The number of hydrogen-bond donors (Lipinski definition) is 2. The van der Waals surface area contributed by atoms with Crippen LogP contribution in [0.25, 0.3) is 0 Å². The van der Waals surface area contributed by atoms with Crippen molar-refractivity contribution in [2.45, 2.75) is 39.3 Å². The third kappa shape index (κ3) is 3.78. The minimum atomic E-state index is 0.0698. The summed E-state index contributed by atoms with van der Waals surface area (Å²) in [4.78, 5) is 4.65. The van der Waals surface area contributed by atoms with Crippen LogP contribution in [0.2, 0.25) is 0 Å². The molecule has 0 unspecified atom stereocenters. The van der Waals surface area contributed by atoms with Crippen LogP contribution in [0.3, 0.4) is 0 Å². The van der Waals surface area contributed by atoms with Gasteiger partial charge in [0.1, 0.15) is 0 Å². The fourth-order valence-electron chi connectivity index (χ4n) is 1.70. The lowest BCUT2D eigenvalue weighted by molar-refractivity contribution is 0.282. The zero-order chi connectivity index (χ0) is 13.9. The van der Waals surface area contributed by atoms with E-state index in [0.29, 0.717) is 6.54 Å². The Morgan fingerprint density at radius 3 is 2.74 bits per heavy atom. The van der Waals surface area contributed by atoms with E-state index in [9.17, 15) is 0 Å². The Bertz CT molecular complexity index is 543. The van der Waals surface area contributed by atoms with Gasteiger partial charge in [0.2, 0.25) is 0 Å². The first-order chi connectivity index (χ1) is 8.99. The third-order valence-electron chi connectivity index (χ3n) is 2.78. The Kier molecular flexibility index (Phi) is 4.22. The summed E-state index contributed by atoms with van der Waals surface area (Å²) in [6.07, 6.45) is 0. The standard InChI is InChI=1S/C15H20N2OS/c1-15(2,3)14-17-13(10-19-14)8-16-12-6-4-5-11(7-12)9-18/h4-7,10,16,18H,8-9H2,1-3H3. The van der Waals surface area contributed by atoms with Crippen LogP contribution in [0.1, 0.15) is 37.0 Å². The van der Waals surface area contributed by atoms with E-state index in [1.165, 1.54) is 0 Å². The number of benzene rings is 1. The minimum absolute atomic E-state index is 0.0698. The Morgan fingerprint density at radius 2 is 2.11 bits per heavy atom. The average Bonchev–Trinajstić information content (AvgIpc) is 2.85. The van der Waals surface area contributed by atoms with Crippen molar-refractivity contribution in [1.29, 1.82) is 0 Å². The second-order valence-electron chi connectivity index (χ2n) is 5.61. The summed E-state index contributed by atoms with van der Waals surface area (Å²) >= 11 is 1.71. The Morgan fingerprint density at radius 1 is 1.32 bits per heavy atom. The summed E-state index contributed by atoms with van der Waals surface area (Å²) in [5.74, 6) is 0. The second-order valence-corrected chi connectivity index (χ2v) is 6.46. The molecule has 2 N–H and O–H groups in total. The molecule has 2 aromatic rings. The molecule has 0 amide bonds. The van der Waals surface area contributed by atoms with Gasteiger partial charge in [-0.05, 0) is 17.7 Å². The number of aliphatic hydroxyl groups is 1. The highest BCUT2D eigenvalue weighted by atomic mass is 32.1. The van der Waals surface area contributed by atoms with Crippen LogP contribution in [0.5, 0.6) is 0 Å². The van der Waals surface area contributed by atoms with Gasteiger partial charge in [0, 0.05) is 16.5 Å². The Balaban J connectivity index is 2.00. The molecule has 0 atom stereocenters. The van der Waals surface area contributed by atoms with E-state index in [4.69, 9.17) is 5.11 Å². The molecule has 1 aromatic carbocycles. The van der Waals surface area contributed by atoms with Crippen LogP contribution in [0.4, 0.5) is 5.69 Å². The fourth-order valence-corrected chi connectivity index (χ4v) is 2.61. The maximum atomic E-state index is 9.10. The predicted octanol–water partition coefficient (Wildman–Crippen LogP) is 3.55. The second kappa shape index (κ2) is 5.72. The van der Waals surface area contributed by atoms with E-state index in [1.54, 1.807) is 11.3 Å². The molecule has 0 radical (unpaired) electrons. The van der Waals surface area contributed by atoms with Crippen molar-refractivity contribution in [3.05, 3.63) is 45.9 Å². The molecule has 2 rings (SSSR count). The molecule has 3 nitrogen and oxygen atoms in total. The topological polar surface area (TPSA) is 45.2 Å². The van der Waals surface area contributed by atoms with Gasteiger partial charge in [0.05, 0.1) is 23.9 Å². The van der Waals surface area contributed by atoms with Crippen molar-refractivity contribution in [1.82, 2.24) is 4.98 Å². The first-order valence-electron chi connectivity index (χ1n) is 6.37. The number of thiazole rings is 1. The minimum Gasteiger partial charge on any atom is -0.392 e. The summed E-state index contributed by atoms with van der Waals surface area (Å²) in [6, 6.07) is 7.80. The molecule has 19 heavy (non-hydrogen) atoms. The number of hydrogen-bond acceptors (Lipinski definition) is 4. The third-order valence-corrected chi connectivity index (χ3v) is 4.09. The molecule has 0 spiro atoms. The Hall–Kier alpha value is -1.39. The van der Waals surface area contributed by atoms with Crippen molar-refractivity contribution in [3.63, 3.8) is 0 Å². The summed E-state index contributed by atoms with van der Waals surface area (Å²) in [5.41, 5.74) is 3.10. The van der Waals surface area contributed by atoms with Crippen LogP contribution in [0.15, 0.2) is 29.6 Å². The lowest BCUT2D eigenvalue weighted by atomic mass is 9.98. The van der Waals surface area contributed by atoms with Crippen LogP contribution in [0, 0.1) is 0 Å². The zero-order valence-corrected chi connectivity index (χ0v) is 12.4. The van der Waals surface area contributed by atoms with Gasteiger partial charge in [-0.15, -0.1) is 11.3 Å². The molecule has 0 bridgehead atoms. The van der Waals surface area contributed by atoms with Crippen molar-refractivity contribution in [2.75, 3.05) is 5.32 Å². The average molecular weight is 276 g/mol. The lowest BCUT2D eigenvalue weighted by Crippen LogP contribution is -2.11. The first-order valence-corrected chi connectivity index (χ1v) is 7.25. The highest BCUT2D eigenvalue weighted by Crippen LogP contribution is 2.25.